The lowest BCUT2D eigenvalue weighted by Gasteiger charge is -2.08. The molecule has 0 aliphatic carbocycles. The Bertz CT molecular complexity index is 325. The quantitative estimate of drug-likeness (QED) is 0.790. The molecule has 5 heteroatoms. The second-order valence-corrected chi connectivity index (χ2v) is 3.72. The first-order valence-corrected chi connectivity index (χ1v) is 4.93. The average molecular weight is 211 g/mol. The molecule has 0 aliphatic heterocycles. The Balaban J connectivity index is 2.51. The Labute approximate surface area is 89.2 Å². The number of nitrogens with zero attached hydrogens (tertiary/aromatic N) is 1. The van der Waals surface area contributed by atoms with Crippen LogP contribution in [-0.4, -0.2) is 28.8 Å². The third-order valence-corrected chi connectivity index (χ3v) is 1.94. The Morgan fingerprint density at radius 1 is 1.53 bits per heavy atom. The zero-order valence-corrected chi connectivity index (χ0v) is 9.55. The third kappa shape index (κ3) is 3.36. The first-order chi connectivity index (χ1) is 7.00. The van der Waals surface area contributed by atoms with Crippen molar-refractivity contribution in [3.63, 3.8) is 0 Å². The molecule has 15 heavy (non-hydrogen) atoms. The van der Waals surface area contributed by atoms with E-state index in [9.17, 15) is 4.79 Å². The van der Waals surface area contributed by atoms with Gasteiger partial charge in [-0.1, -0.05) is 0 Å². The first-order valence-electron chi connectivity index (χ1n) is 4.93. The second kappa shape index (κ2) is 4.93. The van der Waals surface area contributed by atoms with Crippen LogP contribution in [0.5, 0.6) is 0 Å². The highest BCUT2D eigenvalue weighted by Gasteiger charge is 2.10. The number of nitrogens with one attached hydrogen (secondary N) is 2. The monoisotopic (exact) mass is 211 g/mol. The zero-order valence-electron chi connectivity index (χ0n) is 9.55. The lowest BCUT2D eigenvalue weighted by molar-refractivity contribution is -0.121. The molecular weight excluding hydrogens is 194 g/mol. The maximum absolute atomic E-state index is 11.4. The summed E-state index contributed by atoms with van der Waals surface area (Å²) < 4.78 is 5.19. The molecule has 1 aromatic heterocycles. The molecule has 1 heterocycles. The van der Waals surface area contributed by atoms with Gasteiger partial charge in [0, 0.05) is 0 Å². The van der Waals surface area contributed by atoms with Crippen LogP contribution in [0.2, 0.25) is 0 Å². The van der Waals surface area contributed by atoms with Gasteiger partial charge in [0.1, 0.15) is 6.61 Å². The minimum absolute atomic E-state index is 0.0577. The molecule has 0 radical (unpaired) electrons. The van der Waals surface area contributed by atoms with Gasteiger partial charge in [-0.25, -0.2) is 0 Å². The van der Waals surface area contributed by atoms with Gasteiger partial charge in [-0.15, -0.1) is 0 Å². The van der Waals surface area contributed by atoms with E-state index < -0.39 is 0 Å². The molecule has 0 fully saturated rings. The normalized spacial score (nSPS) is 10.7. The van der Waals surface area contributed by atoms with Crippen molar-refractivity contribution in [1.82, 2.24) is 10.2 Å². The summed E-state index contributed by atoms with van der Waals surface area (Å²) in [7, 11) is 0. The summed E-state index contributed by atoms with van der Waals surface area (Å²) in [6.45, 7) is 7.55. The van der Waals surface area contributed by atoms with Crippen LogP contribution in [0.25, 0.3) is 0 Å². The number of hydrogen-bond donors (Lipinski definition) is 2. The summed E-state index contributed by atoms with van der Waals surface area (Å²) in [5.74, 6) is -0.156. The number of H-pyrrole nitrogens is 1. The minimum atomic E-state index is -0.156. The topological polar surface area (TPSA) is 67.0 Å². The van der Waals surface area contributed by atoms with Crippen molar-refractivity contribution in [2.45, 2.75) is 33.8 Å². The molecule has 5 nitrogen and oxygen atoms in total. The van der Waals surface area contributed by atoms with E-state index in [1.807, 2.05) is 27.7 Å². The molecule has 1 aromatic rings. The van der Waals surface area contributed by atoms with Gasteiger partial charge in [-0.05, 0) is 27.7 Å². The van der Waals surface area contributed by atoms with E-state index in [1.54, 1.807) is 0 Å². The number of aromatic nitrogens is 2. The smallest absolute Gasteiger partial charge is 0.250 e. The number of carbonyl (C=O) groups is 1. The predicted octanol–water partition coefficient (Wildman–Crippen LogP) is 1.39. The van der Waals surface area contributed by atoms with Crippen LogP contribution in [0.3, 0.4) is 0 Å². The number of anilines is 1. The number of aromatic amines is 1. The zero-order chi connectivity index (χ0) is 11.4. The summed E-state index contributed by atoms with van der Waals surface area (Å²) >= 11 is 0. The third-order valence-electron chi connectivity index (χ3n) is 1.94. The van der Waals surface area contributed by atoms with Crippen molar-refractivity contribution < 1.29 is 9.53 Å². The summed E-state index contributed by atoms with van der Waals surface area (Å²) in [4.78, 5) is 11.4. The Morgan fingerprint density at radius 3 is 2.67 bits per heavy atom. The predicted molar refractivity (Wildman–Crippen MR) is 57.8 cm³/mol. The van der Waals surface area contributed by atoms with Crippen molar-refractivity contribution in [2.24, 2.45) is 0 Å². The van der Waals surface area contributed by atoms with E-state index in [4.69, 9.17) is 4.74 Å². The van der Waals surface area contributed by atoms with Crippen LogP contribution in [-0.2, 0) is 9.53 Å². The van der Waals surface area contributed by atoms with Crippen molar-refractivity contribution >= 4 is 11.6 Å². The first kappa shape index (κ1) is 11.7. The van der Waals surface area contributed by atoms with Gasteiger partial charge < -0.3 is 10.1 Å². The number of ether oxygens (including phenoxy) is 1. The molecule has 2 N–H and O–H groups in total. The van der Waals surface area contributed by atoms with Crippen molar-refractivity contribution in [2.75, 3.05) is 11.9 Å². The molecule has 1 amide bonds. The Hall–Kier alpha value is -1.36. The van der Waals surface area contributed by atoms with Crippen LogP contribution in [0.15, 0.2) is 0 Å². The van der Waals surface area contributed by atoms with Crippen LogP contribution in [0, 0.1) is 13.8 Å². The molecule has 0 spiro atoms. The maximum atomic E-state index is 11.4. The van der Waals surface area contributed by atoms with Crippen molar-refractivity contribution in [3.05, 3.63) is 11.4 Å². The number of hydrogen-bond acceptors (Lipinski definition) is 3. The van der Waals surface area contributed by atoms with Crippen LogP contribution in [0.1, 0.15) is 25.2 Å². The molecule has 84 valence electrons. The lowest BCUT2D eigenvalue weighted by Crippen LogP contribution is -2.21. The highest BCUT2D eigenvalue weighted by atomic mass is 16.5. The molecule has 0 aromatic carbocycles. The lowest BCUT2D eigenvalue weighted by atomic mass is 10.3. The van der Waals surface area contributed by atoms with Gasteiger partial charge in [0.2, 0.25) is 5.91 Å². The van der Waals surface area contributed by atoms with E-state index in [1.165, 1.54) is 0 Å². The molecule has 0 bridgehead atoms. The van der Waals surface area contributed by atoms with Crippen molar-refractivity contribution in [3.8, 4) is 0 Å². The van der Waals surface area contributed by atoms with Gasteiger partial charge in [0.15, 0.2) is 0 Å². The minimum Gasteiger partial charge on any atom is -0.369 e. The van der Waals surface area contributed by atoms with Crippen LogP contribution < -0.4 is 5.32 Å². The van der Waals surface area contributed by atoms with Crippen molar-refractivity contribution in [1.29, 1.82) is 0 Å². The van der Waals surface area contributed by atoms with E-state index in [0.29, 0.717) is 0 Å². The molecule has 0 aliphatic rings. The molecule has 1 rings (SSSR count). The van der Waals surface area contributed by atoms with E-state index >= 15 is 0 Å². The van der Waals surface area contributed by atoms with E-state index in [0.717, 1.165) is 17.1 Å². The van der Waals surface area contributed by atoms with Crippen LogP contribution >= 0.6 is 0 Å². The fourth-order valence-corrected chi connectivity index (χ4v) is 1.15. The second-order valence-electron chi connectivity index (χ2n) is 3.72. The molecule has 0 saturated heterocycles. The molecule has 0 atom stereocenters. The van der Waals surface area contributed by atoms with Gasteiger partial charge in [0.05, 0.1) is 23.2 Å². The average Bonchev–Trinajstić information content (AvgIpc) is 2.46. The summed E-state index contributed by atoms with van der Waals surface area (Å²) in [5, 5.41) is 9.54. The number of rotatable bonds is 4. The summed E-state index contributed by atoms with van der Waals surface area (Å²) in [5.41, 5.74) is 2.38. The van der Waals surface area contributed by atoms with Crippen LogP contribution in [0.4, 0.5) is 5.69 Å². The molecule has 0 unspecified atom stereocenters. The summed E-state index contributed by atoms with van der Waals surface area (Å²) in [6.07, 6.45) is 0.0577. The van der Waals surface area contributed by atoms with E-state index in [2.05, 4.69) is 15.5 Å². The fourth-order valence-electron chi connectivity index (χ4n) is 1.15. The van der Waals surface area contributed by atoms with Gasteiger partial charge in [-0.2, -0.15) is 5.10 Å². The van der Waals surface area contributed by atoms with Gasteiger partial charge >= 0.3 is 0 Å². The number of aryl methyl sites for hydroxylation is 2. The maximum Gasteiger partial charge on any atom is 0.250 e. The number of carbonyl (C=O) groups excluding carboxylic acids is 1. The standard InChI is InChI=1S/C10H17N3O2/c1-6(2)15-5-9(14)11-10-7(3)12-13-8(10)4/h6H,5H2,1-4H3,(H,11,14)(H,12,13). The van der Waals surface area contributed by atoms with Gasteiger partial charge in [0.25, 0.3) is 0 Å². The summed E-state index contributed by atoms with van der Waals surface area (Å²) in [6, 6.07) is 0. The van der Waals surface area contributed by atoms with E-state index in [-0.39, 0.29) is 18.6 Å². The van der Waals surface area contributed by atoms with Gasteiger partial charge in [-0.3, -0.25) is 9.89 Å². The fraction of sp³-hybridized carbons (Fsp3) is 0.600. The Morgan fingerprint density at radius 2 is 2.20 bits per heavy atom. The molecular formula is C10H17N3O2. The SMILES string of the molecule is Cc1n[nH]c(C)c1NC(=O)COC(C)C. The highest BCUT2D eigenvalue weighted by molar-refractivity contribution is 5.92. The highest BCUT2D eigenvalue weighted by Crippen LogP contribution is 2.15. The number of amides is 1. The Kier molecular flexibility index (Phi) is 3.85. The molecule has 0 saturated carbocycles. The largest absolute Gasteiger partial charge is 0.369 e.